The molecule has 1 fully saturated rings. The summed E-state index contributed by atoms with van der Waals surface area (Å²) in [5, 5.41) is 9.47. The van der Waals surface area contributed by atoms with Crippen molar-refractivity contribution < 1.29 is 9.59 Å². The maximum atomic E-state index is 12.4. The van der Waals surface area contributed by atoms with Gasteiger partial charge in [-0.3, -0.25) is 19.5 Å². The maximum Gasteiger partial charge on any atom is 0.258 e. The summed E-state index contributed by atoms with van der Waals surface area (Å²) in [6.07, 6.45) is 6.84. The highest BCUT2D eigenvalue weighted by Crippen LogP contribution is 2.27. The number of Topliss-reactive ketones (excluding diaryl/α,β-unsaturated/α-hetero) is 1. The van der Waals surface area contributed by atoms with Crippen LogP contribution >= 0.6 is 11.3 Å². The molecule has 0 unspecified atom stereocenters. The number of amides is 1. The van der Waals surface area contributed by atoms with Crippen molar-refractivity contribution in [2.45, 2.75) is 32.4 Å². The highest BCUT2D eigenvalue weighted by atomic mass is 32.1. The van der Waals surface area contributed by atoms with E-state index in [1.165, 1.54) is 16.9 Å². The average molecular weight is 410 g/mol. The first-order chi connectivity index (χ1) is 14.1. The average Bonchev–Trinajstić information content (AvgIpc) is 3.39. The van der Waals surface area contributed by atoms with E-state index >= 15 is 0 Å². The summed E-state index contributed by atoms with van der Waals surface area (Å²) >= 11 is 1.52. The molecule has 1 aliphatic heterocycles. The Hall–Kier alpha value is -2.84. The molecule has 1 N–H and O–H groups in total. The number of rotatable bonds is 6. The van der Waals surface area contributed by atoms with Gasteiger partial charge in [-0.25, -0.2) is 4.68 Å². The third kappa shape index (κ3) is 4.60. The van der Waals surface area contributed by atoms with Crippen LogP contribution in [-0.4, -0.2) is 44.4 Å². The Morgan fingerprint density at radius 2 is 2.07 bits per heavy atom. The van der Waals surface area contributed by atoms with E-state index in [9.17, 15) is 9.59 Å². The van der Waals surface area contributed by atoms with Crippen LogP contribution in [0.1, 0.15) is 51.4 Å². The first-order valence-corrected chi connectivity index (χ1v) is 10.5. The molecule has 1 saturated heterocycles. The summed E-state index contributed by atoms with van der Waals surface area (Å²) in [5.41, 5.74) is 1.72. The number of carbonyl (C=O) groups is 2. The van der Waals surface area contributed by atoms with Crippen LogP contribution in [0.5, 0.6) is 0 Å². The number of piperidine rings is 1. The predicted octanol–water partition coefficient (Wildman–Crippen LogP) is 3.63. The van der Waals surface area contributed by atoms with Gasteiger partial charge in [-0.1, -0.05) is 0 Å². The van der Waals surface area contributed by atoms with Gasteiger partial charge in [0.25, 0.3) is 5.91 Å². The Morgan fingerprint density at radius 1 is 1.24 bits per heavy atom. The van der Waals surface area contributed by atoms with Crippen molar-refractivity contribution in [1.29, 1.82) is 0 Å². The van der Waals surface area contributed by atoms with E-state index in [4.69, 9.17) is 0 Å². The molecule has 1 aliphatic rings. The molecule has 0 saturated carbocycles. The highest BCUT2D eigenvalue weighted by Gasteiger charge is 2.23. The Balaban J connectivity index is 1.35. The number of carbonyl (C=O) groups excluding carboxylic acids is 2. The zero-order chi connectivity index (χ0) is 20.2. The van der Waals surface area contributed by atoms with Gasteiger partial charge in [0.1, 0.15) is 5.82 Å². The number of pyridine rings is 1. The number of nitrogens with zero attached hydrogens (tertiary/aromatic N) is 4. The summed E-state index contributed by atoms with van der Waals surface area (Å²) in [6, 6.07) is 7.56. The van der Waals surface area contributed by atoms with Crippen LogP contribution in [0, 0.1) is 0 Å². The third-order valence-electron chi connectivity index (χ3n) is 5.15. The van der Waals surface area contributed by atoms with Crippen molar-refractivity contribution in [3.63, 3.8) is 0 Å². The number of aromatic nitrogens is 3. The van der Waals surface area contributed by atoms with Crippen molar-refractivity contribution in [3.05, 3.63) is 64.2 Å². The molecule has 8 heteroatoms. The molecule has 0 bridgehead atoms. The Labute approximate surface area is 173 Å². The van der Waals surface area contributed by atoms with Crippen molar-refractivity contribution in [2.75, 3.05) is 18.4 Å². The second-order valence-electron chi connectivity index (χ2n) is 7.24. The molecule has 3 aromatic rings. The molecule has 7 nitrogen and oxygen atoms in total. The van der Waals surface area contributed by atoms with Crippen LogP contribution in [0.25, 0.3) is 0 Å². The molecule has 0 aliphatic carbocycles. The topological polar surface area (TPSA) is 80.1 Å². The van der Waals surface area contributed by atoms with E-state index in [1.54, 1.807) is 37.6 Å². The summed E-state index contributed by atoms with van der Waals surface area (Å²) in [6.45, 7) is 4.37. The van der Waals surface area contributed by atoms with Gasteiger partial charge in [-0.2, -0.15) is 5.10 Å². The minimum absolute atomic E-state index is 0.125. The third-order valence-corrected chi connectivity index (χ3v) is 6.23. The minimum atomic E-state index is -0.184. The van der Waals surface area contributed by atoms with Crippen LogP contribution in [0.2, 0.25) is 0 Å². The standard InChI is InChI=1S/C21H23N5O2S/c1-15(27)19-11-16(14-29-19)13-25-9-5-18(6-10-25)26-20(4-8-23-26)24-21(28)17-3-2-7-22-12-17/h2-4,7-8,11-12,14,18H,5-6,9-10,13H2,1H3,(H,24,28). The molecule has 0 atom stereocenters. The van der Waals surface area contributed by atoms with Gasteiger partial charge in [-0.15, -0.1) is 11.3 Å². The fourth-order valence-electron chi connectivity index (χ4n) is 3.61. The molecular formula is C21H23N5O2S. The van der Waals surface area contributed by atoms with Crippen molar-refractivity contribution in [1.82, 2.24) is 19.7 Å². The van der Waals surface area contributed by atoms with Crippen LogP contribution in [0.4, 0.5) is 5.82 Å². The summed E-state index contributed by atoms with van der Waals surface area (Å²) < 4.78 is 1.92. The van der Waals surface area contributed by atoms with Crippen molar-refractivity contribution >= 4 is 28.8 Å². The Kier molecular flexibility index (Phi) is 5.82. The van der Waals surface area contributed by atoms with Gasteiger partial charge >= 0.3 is 0 Å². The zero-order valence-electron chi connectivity index (χ0n) is 16.2. The second-order valence-corrected chi connectivity index (χ2v) is 8.15. The van der Waals surface area contributed by atoms with Gasteiger partial charge in [0.15, 0.2) is 5.78 Å². The highest BCUT2D eigenvalue weighted by molar-refractivity contribution is 7.12. The second kappa shape index (κ2) is 8.67. The van der Waals surface area contributed by atoms with E-state index in [1.807, 2.05) is 16.8 Å². The minimum Gasteiger partial charge on any atom is -0.307 e. The first-order valence-electron chi connectivity index (χ1n) is 9.66. The molecular weight excluding hydrogens is 386 g/mol. The van der Waals surface area contributed by atoms with Gasteiger partial charge < -0.3 is 5.32 Å². The largest absolute Gasteiger partial charge is 0.307 e. The molecule has 3 aromatic heterocycles. The lowest BCUT2D eigenvalue weighted by Crippen LogP contribution is -2.34. The van der Waals surface area contributed by atoms with E-state index < -0.39 is 0 Å². The molecule has 1 amide bonds. The maximum absolute atomic E-state index is 12.4. The number of hydrogen-bond acceptors (Lipinski definition) is 6. The number of likely N-dealkylation sites (tertiary alicyclic amines) is 1. The van der Waals surface area contributed by atoms with Crippen LogP contribution in [0.15, 0.2) is 48.2 Å². The van der Waals surface area contributed by atoms with Crippen LogP contribution < -0.4 is 5.32 Å². The van der Waals surface area contributed by atoms with Crippen molar-refractivity contribution in [3.8, 4) is 0 Å². The van der Waals surface area contributed by atoms with E-state index in [0.717, 1.165) is 37.4 Å². The number of anilines is 1. The normalized spacial score (nSPS) is 15.3. The molecule has 0 spiro atoms. The first kappa shape index (κ1) is 19.5. The number of ketones is 1. The zero-order valence-corrected chi connectivity index (χ0v) is 17.1. The van der Waals surface area contributed by atoms with E-state index in [-0.39, 0.29) is 17.7 Å². The lowest BCUT2D eigenvalue weighted by Gasteiger charge is -2.32. The van der Waals surface area contributed by atoms with Crippen LogP contribution in [0.3, 0.4) is 0 Å². The summed E-state index contributed by atoms with van der Waals surface area (Å²) in [4.78, 5) is 31.1. The lowest BCUT2D eigenvalue weighted by molar-refractivity contribution is 0.101. The number of thiophene rings is 1. The monoisotopic (exact) mass is 409 g/mol. The van der Waals surface area contributed by atoms with Gasteiger partial charge in [0.2, 0.25) is 0 Å². The van der Waals surface area contributed by atoms with Crippen molar-refractivity contribution in [2.24, 2.45) is 0 Å². The predicted molar refractivity (Wildman–Crippen MR) is 112 cm³/mol. The molecule has 4 heterocycles. The Morgan fingerprint density at radius 3 is 2.76 bits per heavy atom. The molecule has 0 radical (unpaired) electrons. The SMILES string of the molecule is CC(=O)c1cc(CN2CCC(n3nccc3NC(=O)c3cccnc3)CC2)cs1. The molecule has 0 aromatic carbocycles. The fourth-order valence-corrected chi connectivity index (χ4v) is 4.42. The molecule has 29 heavy (non-hydrogen) atoms. The molecule has 4 rings (SSSR count). The van der Waals surface area contributed by atoms with E-state index in [2.05, 4.69) is 25.7 Å². The van der Waals surface area contributed by atoms with E-state index in [0.29, 0.717) is 11.4 Å². The quantitative estimate of drug-likeness (QED) is 0.629. The number of hydrogen-bond donors (Lipinski definition) is 1. The fraction of sp³-hybridized carbons (Fsp3) is 0.333. The van der Waals surface area contributed by atoms with Gasteiger partial charge in [-0.05, 0) is 48.9 Å². The number of nitrogens with one attached hydrogen (secondary N) is 1. The van der Waals surface area contributed by atoms with Crippen LogP contribution in [-0.2, 0) is 6.54 Å². The summed E-state index contributed by atoms with van der Waals surface area (Å²) in [7, 11) is 0. The summed E-state index contributed by atoms with van der Waals surface area (Å²) in [5.74, 6) is 0.650. The lowest BCUT2D eigenvalue weighted by atomic mass is 10.0. The van der Waals surface area contributed by atoms with Gasteiger partial charge in [0, 0.05) is 38.1 Å². The smallest absolute Gasteiger partial charge is 0.258 e. The molecule has 150 valence electrons. The Bertz CT molecular complexity index is 989. The van der Waals surface area contributed by atoms with Gasteiger partial charge in [0.05, 0.1) is 22.7 Å².